The number of carbonyl (C=O) groups is 1. The van der Waals surface area contributed by atoms with Crippen LogP contribution in [-0.2, 0) is 32.8 Å². The molecule has 0 aliphatic heterocycles. The first-order valence-corrected chi connectivity index (χ1v) is 8.65. The third-order valence-corrected chi connectivity index (χ3v) is 3.98. The predicted octanol–water partition coefficient (Wildman–Crippen LogP) is 1.56. The first-order valence-electron chi connectivity index (χ1n) is 7.10. The molecule has 0 bridgehead atoms. The molecule has 0 amide bonds. The van der Waals surface area contributed by atoms with Crippen LogP contribution in [0.25, 0.3) is 0 Å². The lowest BCUT2D eigenvalue weighted by Gasteiger charge is -2.09. The Morgan fingerprint density at radius 3 is 2.35 bits per heavy atom. The Kier molecular flexibility index (Phi) is 6.63. The normalized spacial score (nSPS) is 11.4. The number of carbonyl (C=O) groups excluding carboxylic acids is 1. The van der Waals surface area contributed by atoms with Crippen molar-refractivity contribution in [2.45, 2.75) is 18.1 Å². The van der Waals surface area contributed by atoms with Crippen molar-refractivity contribution in [3.63, 3.8) is 0 Å². The Hall–Kier alpha value is -2.54. The second-order valence-electron chi connectivity index (χ2n) is 5.00. The van der Waals surface area contributed by atoms with E-state index in [1.54, 1.807) is 12.1 Å². The molecule has 2 rings (SSSR count). The van der Waals surface area contributed by atoms with Gasteiger partial charge in [-0.25, -0.2) is 23.2 Å². The van der Waals surface area contributed by atoms with Crippen LogP contribution in [0.2, 0.25) is 0 Å². The fourth-order valence-corrected chi connectivity index (χ4v) is 2.39. The SMILES string of the molecule is NS(=O)(=O)c1ccc(COC(=O)Oc2cccc(CON(O)O)c2)cc1. The molecule has 0 aliphatic rings. The summed E-state index contributed by atoms with van der Waals surface area (Å²) in [5.74, 6) is 0.170. The van der Waals surface area contributed by atoms with E-state index in [2.05, 4.69) is 4.84 Å². The molecular formula is C15H16N2O8S. The molecule has 0 radical (unpaired) electrons. The summed E-state index contributed by atoms with van der Waals surface area (Å²) in [6.45, 7) is -0.286. The zero-order valence-electron chi connectivity index (χ0n) is 13.3. The number of nitrogens with two attached hydrogens (primary N) is 1. The Morgan fingerprint density at radius 2 is 1.73 bits per heavy atom. The molecule has 0 heterocycles. The number of hydrogen-bond acceptors (Lipinski definition) is 9. The highest BCUT2D eigenvalue weighted by Crippen LogP contribution is 2.16. The largest absolute Gasteiger partial charge is 0.514 e. The lowest BCUT2D eigenvalue weighted by molar-refractivity contribution is -0.497. The van der Waals surface area contributed by atoms with Gasteiger partial charge in [-0.3, -0.25) is 10.4 Å². The van der Waals surface area contributed by atoms with Gasteiger partial charge in [0.25, 0.3) is 0 Å². The summed E-state index contributed by atoms with van der Waals surface area (Å²) in [7, 11) is -3.78. The Bertz CT molecular complexity index is 852. The first kappa shape index (κ1) is 19.8. The molecule has 0 aromatic heterocycles. The maximum Gasteiger partial charge on any atom is 0.514 e. The van der Waals surface area contributed by atoms with Gasteiger partial charge in [-0.15, -0.1) is 0 Å². The van der Waals surface area contributed by atoms with Crippen molar-refractivity contribution in [3.05, 3.63) is 59.7 Å². The smallest absolute Gasteiger partial charge is 0.429 e. The molecule has 0 fully saturated rings. The van der Waals surface area contributed by atoms with Gasteiger partial charge in [-0.2, -0.15) is 0 Å². The minimum absolute atomic E-state index is 0.0489. The Morgan fingerprint density at radius 1 is 1.04 bits per heavy atom. The zero-order chi connectivity index (χ0) is 19.2. The maximum absolute atomic E-state index is 11.7. The molecule has 0 atom stereocenters. The summed E-state index contributed by atoms with van der Waals surface area (Å²) in [4.78, 5) is 16.1. The molecule has 0 unspecified atom stereocenters. The minimum atomic E-state index is -3.78. The summed E-state index contributed by atoms with van der Waals surface area (Å²) >= 11 is 0. The van der Waals surface area contributed by atoms with Gasteiger partial charge in [0.15, 0.2) is 0 Å². The van der Waals surface area contributed by atoms with E-state index >= 15 is 0 Å². The summed E-state index contributed by atoms with van der Waals surface area (Å²) < 4.78 is 32.2. The van der Waals surface area contributed by atoms with Crippen LogP contribution in [0, 0.1) is 0 Å². The van der Waals surface area contributed by atoms with Crippen LogP contribution in [0.3, 0.4) is 0 Å². The molecule has 10 nitrogen and oxygen atoms in total. The summed E-state index contributed by atoms with van der Waals surface area (Å²) in [5.41, 5.74) is 1.06. The monoisotopic (exact) mass is 384 g/mol. The quantitative estimate of drug-likeness (QED) is 0.367. The molecule has 2 aromatic carbocycles. The van der Waals surface area contributed by atoms with E-state index in [9.17, 15) is 13.2 Å². The molecule has 4 N–H and O–H groups in total. The molecule has 11 heteroatoms. The van der Waals surface area contributed by atoms with Crippen LogP contribution in [0.4, 0.5) is 4.79 Å². The fourth-order valence-electron chi connectivity index (χ4n) is 1.87. The molecule has 0 saturated carbocycles. The number of primary sulfonamides is 1. The fraction of sp³-hybridized carbons (Fsp3) is 0.133. The van der Waals surface area contributed by atoms with E-state index in [0.29, 0.717) is 11.1 Å². The van der Waals surface area contributed by atoms with Gasteiger partial charge in [0.1, 0.15) is 12.4 Å². The van der Waals surface area contributed by atoms with E-state index < -0.39 is 21.6 Å². The van der Waals surface area contributed by atoms with Crippen LogP contribution in [-0.4, -0.2) is 30.4 Å². The maximum atomic E-state index is 11.7. The van der Waals surface area contributed by atoms with E-state index in [4.69, 9.17) is 25.0 Å². The van der Waals surface area contributed by atoms with Crippen LogP contribution in [0.1, 0.15) is 11.1 Å². The van der Waals surface area contributed by atoms with Crippen molar-refractivity contribution in [1.82, 2.24) is 5.39 Å². The summed E-state index contributed by atoms with van der Waals surface area (Å²) in [5, 5.41) is 21.5. The van der Waals surface area contributed by atoms with Crippen molar-refractivity contribution in [2.24, 2.45) is 5.14 Å². The lowest BCUT2D eigenvalue weighted by Crippen LogP contribution is -2.14. The van der Waals surface area contributed by atoms with Gasteiger partial charge in [-0.05, 0) is 35.4 Å². The van der Waals surface area contributed by atoms with Crippen molar-refractivity contribution < 1.29 is 37.9 Å². The van der Waals surface area contributed by atoms with Gasteiger partial charge >= 0.3 is 6.16 Å². The lowest BCUT2D eigenvalue weighted by atomic mass is 10.2. The van der Waals surface area contributed by atoms with E-state index in [0.717, 1.165) is 0 Å². The second kappa shape index (κ2) is 8.71. The van der Waals surface area contributed by atoms with E-state index in [1.165, 1.54) is 36.4 Å². The topological polar surface area (TPSA) is 149 Å². The summed E-state index contributed by atoms with van der Waals surface area (Å²) in [6.07, 6.45) is -0.968. The number of rotatable bonds is 7. The first-order chi connectivity index (χ1) is 12.2. The average molecular weight is 384 g/mol. The molecule has 2 aromatic rings. The molecule has 26 heavy (non-hydrogen) atoms. The van der Waals surface area contributed by atoms with Crippen molar-refractivity contribution in [2.75, 3.05) is 0 Å². The number of ether oxygens (including phenoxy) is 2. The summed E-state index contributed by atoms with van der Waals surface area (Å²) in [6, 6.07) is 11.7. The predicted molar refractivity (Wildman–Crippen MR) is 85.3 cm³/mol. The minimum Gasteiger partial charge on any atom is -0.429 e. The highest BCUT2D eigenvalue weighted by atomic mass is 32.2. The third kappa shape index (κ3) is 6.40. The third-order valence-electron chi connectivity index (χ3n) is 3.05. The molecule has 0 spiro atoms. The molecule has 0 saturated heterocycles. The van der Waals surface area contributed by atoms with Crippen molar-refractivity contribution >= 4 is 16.2 Å². The molecule has 0 aliphatic carbocycles. The van der Waals surface area contributed by atoms with Crippen molar-refractivity contribution in [1.29, 1.82) is 0 Å². The van der Waals surface area contributed by atoms with Gasteiger partial charge < -0.3 is 9.47 Å². The highest BCUT2D eigenvalue weighted by molar-refractivity contribution is 7.89. The van der Waals surface area contributed by atoms with E-state index in [1.807, 2.05) is 0 Å². The average Bonchev–Trinajstić information content (AvgIpc) is 2.58. The zero-order valence-corrected chi connectivity index (χ0v) is 14.1. The number of benzene rings is 2. The van der Waals surface area contributed by atoms with Crippen LogP contribution < -0.4 is 9.88 Å². The van der Waals surface area contributed by atoms with Gasteiger partial charge in [0.05, 0.1) is 16.9 Å². The highest BCUT2D eigenvalue weighted by Gasteiger charge is 2.10. The Balaban J connectivity index is 1.88. The standard InChI is InChI=1S/C15H16N2O8S/c16-26(21,22)14-6-4-11(5-7-14)9-23-15(18)25-13-3-1-2-12(8-13)10-24-17(19)20/h1-8,19-20H,9-10H2,(H2,16,21,22). The van der Waals surface area contributed by atoms with Gasteiger partial charge in [0.2, 0.25) is 10.0 Å². The van der Waals surface area contributed by atoms with E-state index in [-0.39, 0.29) is 23.9 Å². The number of sulfonamides is 1. The van der Waals surface area contributed by atoms with Crippen LogP contribution in [0.15, 0.2) is 53.4 Å². The molecule has 140 valence electrons. The number of nitrogens with zero attached hydrogens (tertiary/aromatic N) is 1. The van der Waals surface area contributed by atoms with Crippen molar-refractivity contribution in [3.8, 4) is 5.75 Å². The van der Waals surface area contributed by atoms with Crippen LogP contribution >= 0.6 is 0 Å². The van der Waals surface area contributed by atoms with Crippen LogP contribution in [0.5, 0.6) is 5.75 Å². The van der Waals surface area contributed by atoms with Gasteiger partial charge in [0, 0.05) is 0 Å². The second-order valence-corrected chi connectivity index (χ2v) is 6.56. The van der Waals surface area contributed by atoms with Gasteiger partial charge in [-0.1, -0.05) is 24.3 Å². The number of hydrogen-bond donors (Lipinski definition) is 3. The molecular weight excluding hydrogens is 368 g/mol. The Labute approximate surface area is 148 Å².